The molecular formula is C16H24N2O3. The van der Waals surface area contributed by atoms with Crippen LogP contribution in [0.25, 0.3) is 0 Å². The molecule has 1 aliphatic rings. The van der Waals surface area contributed by atoms with Gasteiger partial charge in [-0.1, -0.05) is 30.3 Å². The first-order valence-electron chi connectivity index (χ1n) is 7.39. The highest BCUT2D eigenvalue weighted by atomic mass is 16.5. The highest BCUT2D eigenvalue weighted by molar-refractivity contribution is 5.86. The van der Waals surface area contributed by atoms with Crippen LogP contribution < -0.4 is 11.1 Å². The first-order valence-corrected chi connectivity index (χ1v) is 7.39. The van der Waals surface area contributed by atoms with Gasteiger partial charge >= 0.3 is 0 Å². The van der Waals surface area contributed by atoms with Crippen molar-refractivity contribution >= 4 is 5.91 Å². The Balaban J connectivity index is 2.09. The summed E-state index contributed by atoms with van der Waals surface area (Å²) in [6.07, 6.45) is 2.95. The van der Waals surface area contributed by atoms with E-state index in [9.17, 15) is 4.79 Å². The Morgan fingerprint density at radius 2 is 2.05 bits per heavy atom. The molecule has 5 nitrogen and oxygen atoms in total. The second-order valence-electron chi connectivity index (χ2n) is 5.45. The molecule has 2 rings (SSSR count). The van der Waals surface area contributed by atoms with E-state index in [-0.39, 0.29) is 6.61 Å². The maximum absolute atomic E-state index is 12.2. The van der Waals surface area contributed by atoms with Crippen molar-refractivity contribution in [3.63, 3.8) is 0 Å². The average molecular weight is 292 g/mol. The Bertz CT molecular complexity index is 448. The van der Waals surface area contributed by atoms with Crippen molar-refractivity contribution in [1.29, 1.82) is 0 Å². The fourth-order valence-electron chi connectivity index (χ4n) is 2.32. The minimum absolute atomic E-state index is 0.243. The third kappa shape index (κ3) is 4.27. The van der Waals surface area contributed by atoms with Crippen LogP contribution in [0.1, 0.15) is 24.8 Å². The molecular weight excluding hydrogens is 268 g/mol. The van der Waals surface area contributed by atoms with Crippen LogP contribution in [-0.4, -0.2) is 38.9 Å². The van der Waals surface area contributed by atoms with Crippen molar-refractivity contribution in [2.45, 2.75) is 30.8 Å². The minimum atomic E-state index is -0.949. The topological polar surface area (TPSA) is 73.6 Å². The summed E-state index contributed by atoms with van der Waals surface area (Å²) >= 11 is 0. The summed E-state index contributed by atoms with van der Waals surface area (Å²) in [6, 6.07) is 9.92. The molecule has 0 radical (unpaired) electrons. The average Bonchev–Trinajstić information content (AvgIpc) is 3.30. The molecule has 0 spiro atoms. The fourth-order valence-corrected chi connectivity index (χ4v) is 2.32. The van der Waals surface area contributed by atoms with Crippen LogP contribution in [-0.2, 0) is 19.8 Å². The van der Waals surface area contributed by atoms with Gasteiger partial charge in [0, 0.05) is 26.4 Å². The van der Waals surface area contributed by atoms with Crippen LogP contribution in [0, 0.1) is 0 Å². The molecule has 5 heteroatoms. The van der Waals surface area contributed by atoms with E-state index in [0.29, 0.717) is 19.3 Å². The summed E-state index contributed by atoms with van der Waals surface area (Å²) < 4.78 is 10.7. The third-order valence-electron chi connectivity index (χ3n) is 3.67. The molecule has 21 heavy (non-hydrogen) atoms. The fraction of sp³-hybridized carbons (Fsp3) is 0.562. The molecule has 1 aromatic rings. The minimum Gasteiger partial charge on any atom is -0.385 e. The lowest BCUT2D eigenvalue weighted by molar-refractivity contribution is -0.128. The quantitative estimate of drug-likeness (QED) is 0.635. The molecule has 1 amide bonds. The summed E-state index contributed by atoms with van der Waals surface area (Å²) in [5.41, 5.74) is 5.62. The van der Waals surface area contributed by atoms with Gasteiger partial charge in [0.15, 0.2) is 0 Å². The first-order chi connectivity index (χ1) is 10.2. The molecule has 1 aliphatic carbocycles. The number of benzene rings is 1. The SMILES string of the molecule is COCCCOCC(NC1CC1)(C(N)=O)c1ccccc1. The van der Waals surface area contributed by atoms with E-state index in [0.717, 1.165) is 24.8 Å². The van der Waals surface area contributed by atoms with Crippen molar-refractivity contribution in [2.24, 2.45) is 5.73 Å². The van der Waals surface area contributed by atoms with E-state index in [1.807, 2.05) is 30.3 Å². The van der Waals surface area contributed by atoms with Crippen molar-refractivity contribution in [2.75, 3.05) is 26.9 Å². The lowest BCUT2D eigenvalue weighted by Gasteiger charge is -2.32. The van der Waals surface area contributed by atoms with Crippen LogP contribution in [0.15, 0.2) is 30.3 Å². The van der Waals surface area contributed by atoms with Crippen molar-refractivity contribution in [3.8, 4) is 0 Å². The van der Waals surface area contributed by atoms with Crippen molar-refractivity contribution in [1.82, 2.24) is 5.32 Å². The molecule has 0 heterocycles. The van der Waals surface area contributed by atoms with E-state index in [1.165, 1.54) is 0 Å². The standard InChI is InChI=1S/C16H24N2O3/c1-20-10-5-11-21-12-16(15(17)19,18-14-8-9-14)13-6-3-2-4-7-13/h2-4,6-7,14,18H,5,8-12H2,1H3,(H2,17,19). The molecule has 1 fully saturated rings. The maximum atomic E-state index is 12.2. The van der Waals surface area contributed by atoms with Gasteiger partial charge in [-0.3, -0.25) is 10.1 Å². The second kappa shape index (κ2) is 7.54. The van der Waals surface area contributed by atoms with Crippen LogP contribution in [0.4, 0.5) is 0 Å². The number of rotatable bonds is 10. The van der Waals surface area contributed by atoms with Gasteiger partial charge in [0.25, 0.3) is 0 Å². The van der Waals surface area contributed by atoms with E-state index < -0.39 is 11.4 Å². The van der Waals surface area contributed by atoms with Gasteiger partial charge in [0.05, 0.1) is 6.61 Å². The van der Waals surface area contributed by atoms with E-state index in [2.05, 4.69) is 5.32 Å². The van der Waals surface area contributed by atoms with E-state index in [4.69, 9.17) is 15.2 Å². The Morgan fingerprint density at radius 3 is 2.62 bits per heavy atom. The molecule has 0 aliphatic heterocycles. The number of carbonyl (C=O) groups excluding carboxylic acids is 1. The number of carbonyl (C=O) groups is 1. The van der Waals surface area contributed by atoms with Crippen LogP contribution >= 0.6 is 0 Å². The van der Waals surface area contributed by atoms with Gasteiger partial charge in [-0.25, -0.2) is 0 Å². The van der Waals surface area contributed by atoms with Gasteiger partial charge in [-0.05, 0) is 24.8 Å². The molecule has 1 aromatic carbocycles. The van der Waals surface area contributed by atoms with Crippen LogP contribution in [0.2, 0.25) is 0 Å². The van der Waals surface area contributed by atoms with Crippen molar-refractivity contribution < 1.29 is 14.3 Å². The number of hydrogen-bond acceptors (Lipinski definition) is 4. The number of nitrogens with one attached hydrogen (secondary N) is 1. The number of hydrogen-bond donors (Lipinski definition) is 2. The summed E-state index contributed by atoms with van der Waals surface area (Å²) in [5, 5.41) is 3.38. The number of ether oxygens (including phenoxy) is 2. The first kappa shape index (κ1) is 15.9. The van der Waals surface area contributed by atoms with Gasteiger partial charge in [-0.2, -0.15) is 0 Å². The van der Waals surface area contributed by atoms with Gasteiger partial charge < -0.3 is 15.2 Å². The Morgan fingerprint density at radius 1 is 1.33 bits per heavy atom. The number of nitrogens with two attached hydrogens (primary N) is 1. The highest BCUT2D eigenvalue weighted by Crippen LogP contribution is 2.29. The van der Waals surface area contributed by atoms with E-state index >= 15 is 0 Å². The summed E-state index contributed by atoms with van der Waals surface area (Å²) in [6.45, 7) is 1.43. The zero-order valence-corrected chi connectivity index (χ0v) is 12.5. The zero-order valence-electron chi connectivity index (χ0n) is 12.5. The molecule has 0 saturated heterocycles. The number of primary amides is 1. The van der Waals surface area contributed by atoms with Crippen molar-refractivity contribution in [3.05, 3.63) is 35.9 Å². The summed E-state index contributed by atoms with van der Waals surface area (Å²) in [4.78, 5) is 12.2. The maximum Gasteiger partial charge on any atom is 0.244 e. The number of methoxy groups -OCH3 is 1. The van der Waals surface area contributed by atoms with Gasteiger partial charge in [0.2, 0.25) is 5.91 Å². The Labute approximate surface area is 125 Å². The normalized spacial score (nSPS) is 17.4. The number of amides is 1. The third-order valence-corrected chi connectivity index (χ3v) is 3.67. The second-order valence-corrected chi connectivity index (χ2v) is 5.45. The predicted octanol–water partition coefficient (Wildman–Crippen LogP) is 1.17. The summed E-state index contributed by atoms with van der Waals surface area (Å²) in [5.74, 6) is -0.396. The molecule has 0 bridgehead atoms. The Hall–Kier alpha value is -1.43. The Kier molecular flexibility index (Phi) is 5.73. The zero-order chi connectivity index (χ0) is 15.1. The van der Waals surface area contributed by atoms with Gasteiger partial charge in [-0.15, -0.1) is 0 Å². The van der Waals surface area contributed by atoms with E-state index in [1.54, 1.807) is 7.11 Å². The molecule has 1 saturated carbocycles. The molecule has 1 unspecified atom stereocenters. The smallest absolute Gasteiger partial charge is 0.244 e. The molecule has 116 valence electrons. The lowest BCUT2D eigenvalue weighted by Crippen LogP contribution is -2.56. The molecule has 1 atom stereocenters. The predicted molar refractivity (Wildman–Crippen MR) is 80.8 cm³/mol. The van der Waals surface area contributed by atoms with Crippen LogP contribution in [0.5, 0.6) is 0 Å². The molecule has 0 aromatic heterocycles. The molecule has 3 N–H and O–H groups in total. The van der Waals surface area contributed by atoms with Crippen LogP contribution in [0.3, 0.4) is 0 Å². The largest absolute Gasteiger partial charge is 0.385 e. The lowest BCUT2D eigenvalue weighted by atomic mass is 9.89. The summed E-state index contributed by atoms with van der Waals surface area (Å²) in [7, 11) is 1.66. The monoisotopic (exact) mass is 292 g/mol. The van der Waals surface area contributed by atoms with Gasteiger partial charge in [0.1, 0.15) is 5.54 Å². The highest BCUT2D eigenvalue weighted by Gasteiger charge is 2.43.